The first-order valence-corrected chi connectivity index (χ1v) is 5.41. The Hall–Kier alpha value is -2.47. The smallest absolute Gasteiger partial charge is 0.293 e. The van der Waals surface area contributed by atoms with E-state index in [4.69, 9.17) is 14.7 Å². The van der Waals surface area contributed by atoms with Crippen molar-refractivity contribution in [3.63, 3.8) is 0 Å². The summed E-state index contributed by atoms with van der Waals surface area (Å²) in [5.74, 6) is 1.92. The van der Waals surface area contributed by atoms with Crippen LogP contribution in [0.3, 0.4) is 0 Å². The topological polar surface area (TPSA) is 91.0 Å². The van der Waals surface area contributed by atoms with Gasteiger partial charge in [0.2, 0.25) is 5.82 Å². The molecule has 0 amide bonds. The minimum absolute atomic E-state index is 0.315. The molecule has 3 rings (SSSR count). The second-order valence-corrected chi connectivity index (χ2v) is 3.61. The first-order valence-electron chi connectivity index (χ1n) is 5.41. The molecule has 0 radical (unpaired) electrons. The third-order valence-electron chi connectivity index (χ3n) is 2.39. The molecule has 0 bridgehead atoms. The van der Waals surface area contributed by atoms with Gasteiger partial charge in [0.15, 0.2) is 5.76 Å². The van der Waals surface area contributed by atoms with Gasteiger partial charge in [-0.3, -0.25) is 4.98 Å². The Morgan fingerprint density at radius 3 is 2.83 bits per heavy atom. The fourth-order valence-electron chi connectivity index (χ4n) is 1.53. The summed E-state index contributed by atoms with van der Waals surface area (Å²) in [6, 6.07) is 9.02. The average Bonchev–Trinajstić information content (AvgIpc) is 3.08. The van der Waals surface area contributed by atoms with Crippen molar-refractivity contribution in [3.8, 4) is 23.2 Å². The third kappa shape index (κ3) is 1.89. The highest BCUT2D eigenvalue weighted by Crippen LogP contribution is 2.22. The molecule has 18 heavy (non-hydrogen) atoms. The van der Waals surface area contributed by atoms with E-state index in [0.29, 0.717) is 35.5 Å². The molecule has 0 saturated heterocycles. The largest absolute Gasteiger partial charge is 0.455 e. The predicted octanol–water partition coefficient (Wildman–Crippen LogP) is 1.85. The minimum Gasteiger partial charge on any atom is -0.455 e. The molecule has 90 valence electrons. The summed E-state index contributed by atoms with van der Waals surface area (Å²) in [7, 11) is 0. The third-order valence-corrected chi connectivity index (χ3v) is 2.39. The van der Waals surface area contributed by atoms with Gasteiger partial charge in [-0.2, -0.15) is 4.98 Å². The molecular formula is C12H10N4O2. The second-order valence-electron chi connectivity index (χ2n) is 3.61. The standard InChI is InChI=1S/C12H10N4O2/c13-7-8-4-5-10(17-8)12-15-11(16-18-12)9-3-1-2-6-14-9/h1-6H,7,13H2. The van der Waals surface area contributed by atoms with Crippen molar-refractivity contribution < 1.29 is 8.94 Å². The Morgan fingerprint density at radius 2 is 2.11 bits per heavy atom. The summed E-state index contributed by atoms with van der Waals surface area (Å²) in [6.45, 7) is 0.335. The molecule has 0 fully saturated rings. The van der Waals surface area contributed by atoms with Gasteiger partial charge in [-0.15, -0.1) is 0 Å². The van der Waals surface area contributed by atoms with Gasteiger partial charge in [-0.05, 0) is 24.3 Å². The molecule has 0 spiro atoms. The maximum Gasteiger partial charge on any atom is 0.293 e. The number of nitrogens with zero attached hydrogens (tertiary/aromatic N) is 3. The maximum absolute atomic E-state index is 5.47. The van der Waals surface area contributed by atoms with Crippen LogP contribution in [0.5, 0.6) is 0 Å². The van der Waals surface area contributed by atoms with Crippen molar-refractivity contribution in [3.05, 3.63) is 42.3 Å². The highest BCUT2D eigenvalue weighted by atomic mass is 16.5. The summed E-state index contributed by atoms with van der Waals surface area (Å²) in [6.07, 6.45) is 1.67. The molecule has 0 aliphatic carbocycles. The van der Waals surface area contributed by atoms with E-state index in [1.165, 1.54) is 0 Å². The first-order chi connectivity index (χ1) is 8.86. The summed E-state index contributed by atoms with van der Waals surface area (Å²) in [5, 5.41) is 3.86. The monoisotopic (exact) mass is 242 g/mol. The molecule has 3 aromatic rings. The molecule has 0 atom stereocenters. The van der Waals surface area contributed by atoms with Crippen LogP contribution in [0.1, 0.15) is 5.76 Å². The van der Waals surface area contributed by atoms with Gasteiger partial charge in [-0.25, -0.2) is 0 Å². The average molecular weight is 242 g/mol. The quantitative estimate of drug-likeness (QED) is 0.753. The molecule has 0 aliphatic rings. The molecule has 2 N–H and O–H groups in total. The molecular weight excluding hydrogens is 232 g/mol. The summed E-state index contributed by atoms with van der Waals surface area (Å²) in [4.78, 5) is 8.37. The van der Waals surface area contributed by atoms with Crippen LogP contribution < -0.4 is 5.73 Å². The van der Waals surface area contributed by atoms with Gasteiger partial charge in [0.1, 0.15) is 11.5 Å². The molecule has 0 saturated carbocycles. The highest BCUT2D eigenvalue weighted by molar-refractivity contribution is 5.53. The van der Waals surface area contributed by atoms with Crippen molar-refractivity contribution >= 4 is 0 Å². The number of nitrogens with two attached hydrogens (primary N) is 1. The fourth-order valence-corrected chi connectivity index (χ4v) is 1.53. The normalized spacial score (nSPS) is 10.7. The van der Waals surface area contributed by atoms with Crippen molar-refractivity contribution in [1.29, 1.82) is 0 Å². The molecule has 6 nitrogen and oxygen atoms in total. The number of hydrogen-bond acceptors (Lipinski definition) is 6. The number of pyridine rings is 1. The maximum atomic E-state index is 5.47. The predicted molar refractivity (Wildman–Crippen MR) is 63.1 cm³/mol. The Morgan fingerprint density at radius 1 is 1.17 bits per heavy atom. The SMILES string of the molecule is NCc1ccc(-c2nc(-c3ccccn3)no2)o1. The van der Waals surface area contributed by atoms with Gasteiger partial charge < -0.3 is 14.7 Å². The number of furan rings is 1. The Kier molecular flexibility index (Phi) is 2.62. The van der Waals surface area contributed by atoms with Crippen LogP contribution in [0.2, 0.25) is 0 Å². The van der Waals surface area contributed by atoms with E-state index in [0.717, 1.165) is 0 Å². The zero-order valence-corrected chi connectivity index (χ0v) is 9.41. The summed E-state index contributed by atoms with van der Waals surface area (Å²) < 4.78 is 10.6. The van der Waals surface area contributed by atoms with Crippen LogP contribution in [0.15, 0.2) is 45.5 Å². The van der Waals surface area contributed by atoms with Gasteiger partial charge in [0.05, 0.1) is 6.54 Å². The van der Waals surface area contributed by atoms with E-state index in [1.807, 2.05) is 18.2 Å². The molecule has 6 heteroatoms. The van der Waals surface area contributed by atoms with Gasteiger partial charge in [0, 0.05) is 6.20 Å². The van der Waals surface area contributed by atoms with Crippen molar-refractivity contribution in [1.82, 2.24) is 15.1 Å². The number of rotatable bonds is 3. The van der Waals surface area contributed by atoms with Gasteiger partial charge >= 0.3 is 0 Å². The Bertz CT molecular complexity index is 645. The number of hydrogen-bond donors (Lipinski definition) is 1. The lowest BCUT2D eigenvalue weighted by atomic mass is 10.3. The first kappa shape index (κ1) is 10.7. The van der Waals surface area contributed by atoms with Crippen LogP contribution in [0.25, 0.3) is 23.2 Å². The van der Waals surface area contributed by atoms with Gasteiger partial charge in [0.25, 0.3) is 5.89 Å². The molecule has 3 aromatic heterocycles. The zero-order chi connectivity index (χ0) is 12.4. The summed E-state index contributed by atoms with van der Waals surface area (Å²) >= 11 is 0. The second kappa shape index (κ2) is 4.42. The lowest BCUT2D eigenvalue weighted by Gasteiger charge is -1.89. The lowest BCUT2D eigenvalue weighted by Crippen LogP contribution is -1.92. The van der Waals surface area contributed by atoms with E-state index >= 15 is 0 Å². The van der Waals surface area contributed by atoms with Crippen LogP contribution >= 0.6 is 0 Å². The van der Waals surface area contributed by atoms with Crippen molar-refractivity contribution in [2.75, 3.05) is 0 Å². The number of aromatic nitrogens is 3. The lowest BCUT2D eigenvalue weighted by molar-refractivity contribution is 0.412. The molecule has 0 aliphatic heterocycles. The Labute approximate surface area is 102 Å². The molecule has 3 heterocycles. The van der Waals surface area contributed by atoms with Crippen LogP contribution in [-0.2, 0) is 6.54 Å². The van der Waals surface area contributed by atoms with E-state index in [2.05, 4.69) is 15.1 Å². The van der Waals surface area contributed by atoms with Crippen molar-refractivity contribution in [2.45, 2.75) is 6.54 Å². The van der Waals surface area contributed by atoms with E-state index in [-0.39, 0.29) is 0 Å². The zero-order valence-electron chi connectivity index (χ0n) is 9.41. The fraction of sp³-hybridized carbons (Fsp3) is 0.0833. The van der Waals surface area contributed by atoms with E-state index in [9.17, 15) is 0 Å². The van der Waals surface area contributed by atoms with E-state index in [1.54, 1.807) is 18.3 Å². The summed E-state index contributed by atoms with van der Waals surface area (Å²) in [5.41, 5.74) is 6.12. The van der Waals surface area contributed by atoms with Crippen LogP contribution in [-0.4, -0.2) is 15.1 Å². The van der Waals surface area contributed by atoms with E-state index < -0.39 is 0 Å². The van der Waals surface area contributed by atoms with Crippen molar-refractivity contribution in [2.24, 2.45) is 5.73 Å². The molecule has 0 unspecified atom stereocenters. The van der Waals surface area contributed by atoms with Gasteiger partial charge in [-0.1, -0.05) is 11.2 Å². The van der Waals surface area contributed by atoms with Crippen LogP contribution in [0.4, 0.5) is 0 Å². The minimum atomic E-state index is 0.315. The molecule has 0 aromatic carbocycles. The van der Waals surface area contributed by atoms with Crippen LogP contribution in [0, 0.1) is 0 Å². The Balaban J connectivity index is 1.94. The highest BCUT2D eigenvalue weighted by Gasteiger charge is 2.14.